The number of anilines is 1. The van der Waals surface area contributed by atoms with Crippen molar-refractivity contribution in [2.75, 3.05) is 31.5 Å². The second-order valence-electron chi connectivity index (χ2n) is 7.08. The van der Waals surface area contributed by atoms with Crippen molar-refractivity contribution in [3.63, 3.8) is 0 Å². The van der Waals surface area contributed by atoms with Crippen LogP contribution in [-0.2, 0) is 19.6 Å². The number of carbonyl (C=O) groups excluding carboxylic acids is 2. The van der Waals surface area contributed by atoms with Crippen molar-refractivity contribution in [2.45, 2.75) is 17.2 Å². The molecule has 0 spiro atoms. The summed E-state index contributed by atoms with van der Waals surface area (Å²) in [7, 11) is -3.60. The van der Waals surface area contributed by atoms with E-state index in [1.54, 1.807) is 35.2 Å². The van der Waals surface area contributed by atoms with Gasteiger partial charge in [0.05, 0.1) is 10.8 Å². The lowest BCUT2D eigenvalue weighted by atomic mass is 9.89. The van der Waals surface area contributed by atoms with Crippen LogP contribution in [0.2, 0.25) is 0 Å². The van der Waals surface area contributed by atoms with Crippen molar-refractivity contribution in [3.8, 4) is 0 Å². The third-order valence-electron chi connectivity index (χ3n) is 5.30. The Morgan fingerprint density at radius 2 is 1.66 bits per heavy atom. The molecule has 9 heteroatoms. The van der Waals surface area contributed by atoms with Gasteiger partial charge < -0.3 is 10.2 Å². The van der Waals surface area contributed by atoms with Crippen molar-refractivity contribution in [2.24, 2.45) is 0 Å². The van der Waals surface area contributed by atoms with Gasteiger partial charge in [-0.1, -0.05) is 34.1 Å². The normalized spacial score (nSPS) is 20.1. The Morgan fingerprint density at radius 1 is 1.00 bits per heavy atom. The number of carbonyl (C=O) groups is 2. The van der Waals surface area contributed by atoms with Crippen LogP contribution >= 0.6 is 15.9 Å². The van der Waals surface area contributed by atoms with Gasteiger partial charge in [0.15, 0.2) is 0 Å². The largest absolute Gasteiger partial charge is 0.340 e. The van der Waals surface area contributed by atoms with E-state index in [-0.39, 0.29) is 36.2 Å². The van der Waals surface area contributed by atoms with Crippen LogP contribution < -0.4 is 5.32 Å². The zero-order valence-corrected chi connectivity index (χ0v) is 17.9. The lowest BCUT2D eigenvalue weighted by molar-refractivity contribution is -0.136. The minimum absolute atomic E-state index is 0.104. The third kappa shape index (κ3) is 3.94. The number of para-hydroxylation sites is 1. The van der Waals surface area contributed by atoms with Gasteiger partial charge in [0.2, 0.25) is 21.8 Å². The van der Waals surface area contributed by atoms with E-state index in [0.717, 1.165) is 10.0 Å². The molecule has 1 atom stereocenters. The van der Waals surface area contributed by atoms with Crippen molar-refractivity contribution in [1.29, 1.82) is 0 Å². The molecule has 2 aromatic carbocycles. The number of amides is 2. The molecule has 1 saturated heterocycles. The molecule has 0 saturated carbocycles. The number of fused-ring (bicyclic) bond motifs is 1. The number of piperazine rings is 1. The molecule has 2 aliphatic heterocycles. The molecular weight excluding hydrogens is 458 g/mol. The number of hydrogen-bond donors (Lipinski definition) is 1. The van der Waals surface area contributed by atoms with Crippen LogP contribution in [0.15, 0.2) is 57.9 Å². The topological polar surface area (TPSA) is 86.8 Å². The SMILES string of the molecule is O=C1C[C@H](C(=O)N2CCN(S(=O)(=O)c3ccc(Br)cc3)CC2)c2ccccc2N1. The number of nitrogens with zero attached hydrogens (tertiary/aromatic N) is 2. The van der Waals surface area contributed by atoms with E-state index in [4.69, 9.17) is 0 Å². The second kappa shape index (κ2) is 7.89. The summed E-state index contributed by atoms with van der Waals surface area (Å²) in [5.74, 6) is -0.846. The van der Waals surface area contributed by atoms with Crippen LogP contribution in [0.3, 0.4) is 0 Å². The summed E-state index contributed by atoms with van der Waals surface area (Å²) in [4.78, 5) is 27.0. The molecule has 0 radical (unpaired) electrons. The quantitative estimate of drug-likeness (QED) is 0.734. The average molecular weight is 478 g/mol. The highest BCUT2D eigenvalue weighted by Gasteiger charge is 2.36. The molecule has 2 aromatic rings. The molecule has 0 aromatic heterocycles. The summed E-state index contributed by atoms with van der Waals surface area (Å²) in [5.41, 5.74) is 1.47. The van der Waals surface area contributed by atoms with E-state index in [9.17, 15) is 18.0 Å². The maximum absolute atomic E-state index is 13.1. The number of halogens is 1. The zero-order chi connectivity index (χ0) is 20.6. The van der Waals surface area contributed by atoms with Gasteiger partial charge in [-0.2, -0.15) is 4.31 Å². The van der Waals surface area contributed by atoms with Crippen molar-refractivity contribution in [3.05, 3.63) is 58.6 Å². The second-order valence-corrected chi connectivity index (χ2v) is 9.93. The molecular formula is C20H20BrN3O4S. The van der Waals surface area contributed by atoms with E-state index in [1.165, 1.54) is 4.31 Å². The van der Waals surface area contributed by atoms with Crippen molar-refractivity contribution in [1.82, 2.24) is 9.21 Å². The summed E-state index contributed by atoms with van der Waals surface area (Å²) in [6, 6.07) is 13.8. The van der Waals surface area contributed by atoms with Gasteiger partial charge >= 0.3 is 0 Å². The molecule has 2 aliphatic rings. The molecule has 0 unspecified atom stereocenters. The van der Waals surface area contributed by atoms with Crippen LogP contribution in [-0.4, -0.2) is 55.6 Å². The Morgan fingerprint density at radius 3 is 2.34 bits per heavy atom. The molecule has 1 N–H and O–H groups in total. The Balaban J connectivity index is 1.47. The van der Waals surface area contributed by atoms with Gasteiger partial charge in [0.25, 0.3) is 0 Å². The summed E-state index contributed by atoms with van der Waals surface area (Å²) in [5, 5.41) is 2.80. The van der Waals surface area contributed by atoms with Gasteiger partial charge in [0.1, 0.15) is 0 Å². The van der Waals surface area contributed by atoms with E-state index in [2.05, 4.69) is 21.2 Å². The predicted molar refractivity (Wildman–Crippen MR) is 112 cm³/mol. The third-order valence-corrected chi connectivity index (χ3v) is 7.74. The first-order valence-corrected chi connectivity index (χ1v) is 11.5. The molecule has 0 bridgehead atoms. The van der Waals surface area contributed by atoms with Gasteiger partial charge in [-0.25, -0.2) is 8.42 Å². The van der Waals surface area contributed by atoms with Crippen molar-refractivity contribution < 1.29 is 18.0 Å². The molecule has 2 heterocycles. The van der Waals surface area contributed by atoms with Gasteiger partial charge in [0, 0.05) is 42.8 Å². The predicted octanol–water partition coefficient (Wildman–Crippen LogP) is 2.41. The zero-order valence-electron chi connectivity index (χ0n) is 15.5. The van der Waals surface area contributed by atoms with Crippen LogP contribution in [0.25, 0.3) is 0 Å². The first-order chi connectivity index (χ1) is 13.9. The smallest absolute Gasteiger partial charge is 0.243 e. The fourth-order valence-corrected chi connectivity index (χ4v) is 5.44. The maximum Gasteiger partial charge on any atom is 0.243 e. The molecule has 4 rings (SSSR count). The highest BCUT2D eigenvalue weighted by atomic mass is 79.9. The van der Waals surface area contributed by atoms with Crippen LogP contribution in [0.4, 0.5) is 5.69 Å². The van der Waals surface area contributed by atoms with Gasteiger partial charge in [-0.05, 0) is 35.9 Å². The standard InChI is InChI=1S/C20H20BrN3O4S/c21-14-5-7-15(8-6-14)29(27,28)24-11-9-23(10-12-24)20(26)17-13-19(25)22-18-4-2-1-3-16(17)18/h1-8,17H,9-13H2,(H,22,25)/t17-/m0/s1. The van der Waals surface area contributed by atoms with Gasteiger partial charge in [-0.15, -0.1) is 0 Å². The first kappa shape index (κ1) is 20.1. The summed E-state index contributed by atoms with van der Waals surface area (Å²) >= 11 is 3.30. The van der Waals surface area contributed by atoms with E-state index >= 15 is 0 Å². The van der Waals surface area contributed by atoms with E-state index in [0.29, 0.717) is 18.8 Å². The number of benzene rings is 2. The Kier molecular flexibility index (Phi) is 5.46. The Hall–Kier alpha value is -2.23. The minimum Gasteiger partial charge on any atom is -0.340 e. The van der Waals surface area contributed by atoms with Crippen molar-refractivity contribution >= 4 is 43.5 Å². The van der Waals surface area contributed by atoms with Crippen LogP contribution in [0.1, 0.15) is 17.9 Å². The molecule has 2 amide bonds. The number of sulfonamides is 1. The molecule has 29 heavy (non-hydrogen) atoms. The average Bonchev–Trinajstić information content (AvgIpc) is 2.73. The minimum atomic E-state index is -3.60. The van der Waals surface area contributed by atoms with Gasteiger partial charge in [-0.3, -0.25) is 9.59 Å². The molecule has 0 aliphatic carbocycles. The van der Waals surface area contributed by atoms with E-state index in [1.807, 2.05) is 18.2 Å². The molecule has 1 fully saturated rings. The Labute approximate surface area is 177 Å². The summed E-state index contributed by atoms with van der Waals surface area (Å²) < 4.78 is 27.9. The fourth-order valence-electron chi connectivity index (χ4n) is 3.76. The maximum atomic E-state index is 13.1. The summed E-state index contributed by atoms with van der Waals surface area (Å²) in [6.45, 7) is 1.05. The number of nitrogens with one attached hydrogen (secondary N) is 1. The molecule has 7 nitrogen and oxygen atoms in total. The van der Waals surface area contributed by atoms with Crippen LogP contribution in [0, 0.1) is 0 Å². The lowest BCUT2D eigenvalue weighted by Gasteiger charge is -2.36. The van der Waals surface area contributed by atoms with E-state index < -0.39 is 15.9 Å². The highest BCUT2D eigenvalue weighted by molar-refractivity contribution is 9.10. The highest BCUT2D eigenvalue weighted by Crippen LogP contribution is 2.33. The molecule has 152 valence electrons. The number of rotatable bonds is 3. The van der Waals surface area contributed by atoms with Crippen LogP contribution in [0.5, 0.6) is 0 Å². The lowest BCUT2D eigenvalue weighted by Crippen LogP contribution is -2.52. The fraction of sp³-hybridized carbons (Fsp3) is 0.300. The Bertz CT molecular complexity index is 1050. The monoisotopic (exact) mass is 477 g/mol. The number of hydrogen-bond acceptors (Lipinski definition) is 4. The summed E-state index contributed by atoms with van der Waals surface area (Å²) in [6.07, 6.45) is 0.104. The first-order valence-electron chi connectivity index (χ1n) is 9.29.